The van der Waals surface area contributed by atoms with Gasteiger partial charge in [-0.05, 0) is 42.2 Å². The van der Waals surface area contributed by atoms with Crippen LogP contribution in [-0.4, -0.2) is 16.1 Å². The summed E-state index contributed by atoms with van der Waals surface area (Å²) in [5.41, 5.74) is 3.75. The van der Waals surface area contributed by atoms with Gasteiger partial charge in [0.05, 0.1) is 16.8 Å². The second-order valence-electron chi connectivity index (χ2n) is 5.83. The van der Waals surface area contributed by atoms with E-state index in [1.807, 2.05) is 12.1 Å². The van der Waals surface area contributed by atoms with Crippen molar-refractivity contribution in [2.24, 2.45) is 0 Å². The van der Waals surface area contributed by atoms with Gasteiger partial charge < -0.3 is 5.11 Å². The van der Waals surface area contributed by atoms with E-state index in [0.717, 1.165) is 11.1 Å². The van der Waals surface area contributed by atoms with E-state index in [0.29, 0.717) is 40.6 Å². The smallest absolute Gasteiger partial charge is 0.336 e. The number of carbonyl (C=O) groups is 1. The maximum absolute atomic E-state index is 13.9. The molecule has 0 unspecified atom stereocenters. The molecule has 0 bridgehead atoms. The number of rotatable bonds is 2. The molecule has 0 amide bonds. The van der Waals surface area contributed by atoms with Crippen LogP contribution in [0.5, 0.6) is 0 Å². The Kier molecular flexibility index (Phi) is 3.38. The third kappa shape index (κ3) is 2.27. The van der Waals surface area contributed by atoms with Crippen LogP contribution in [0.15, 0.2) is 48.5 Å². The quantitative estimate of drug-likeness (QED) is 0.753. The Morgan fingerprint density at radius 1 is 1.08 bits per heavy atom. The van der Waals surface area contributed by atoms with Gasteiger partial charge in [0.25, 0.3) is 0 Å². The number of aromatic carboxylic acids is 1. The highest BCUT2D eigenvalue weighted by atomic mass is 19.1. The van der Waals surface area contributed by atoms with Crippen molar-refractivity contribution < 1.29 is 14.3 Å². The summed E-state index contributed by atoms with van der Waals surface area (Å²) in [6.07, 6.45) is 3.04. The van der Waals surface area contributed by atoms with Gasteiger partial charge in [0, 0.05) is 10.9 Å². The summed E-state index contributed by atoms with van der Waals surface area (Å²) < 4.78 is 13.9. The summed E-state index contributed by atoms with van der Waals surface area (Å²) in [6.45, 7) is 0. The van der Waals surface area contributed by atoms with E-state index < -0.39 is 5.97 Å². The van der Waals surface area contributed by atoms with E-state index in [1.54, 1.807) is 36.4 Å². The Hall–Kier alpha value is -3.01. The van der Waals surface area contributed by atoms with Crippen molar-refractivity contribution in [1.82, 2.24) is 4.98 Å². The fourth-order valence-corrected chi connectivity index (χ4v) is 3.30. The Balaban J connectivity index is 1.96. The highest BCUT2D eigenvalue weighted by Gasteiger charge is 2.26. The van der Waals surface area contributed by atoms with Gasteiger partial charge in [0.2, 0.25) is 0 Å². The molecule has 1 aromatic heterocycles. The van der Waals surface area contributed by atoms with Crippen molar-refractivity contribution in [2.75, 3.05) is 0 Å². The zero-order valence-corrected chi connectivity index (χ0v) is 12.8. The van der Waals surface area contributed by atoms with Crippen LogP contribution in [0.2, 0.25) is 0 Å². The first-order chi connectivity index (χ1) is 11.6. The normalized spacial score (nSPS) is 15.0. The fourth-order valence-electron chi connectivity index (χ4n) is 3.30. The van der Waals surface area contributed by atoms with Crippen molar-refractivity contribution in [2.45, 2.75) is 12.8 Å². The van der Waals surface area contributed by atoms with E-state index >= 15 is 0 Å². The Labute approximate surface area is 138 Å². The van der Waals surface area contributed by atoms with Crippen LogP contribution in [-0.2, 0) is 6.42 Å². The van der Waals surface area contributed by atoms with Crippen LogP contribution < -0.4 is 0 Å². The number of hydrogen-bond donors (Lipinski definition) is 1. The maximum Gasteiger partial charge on any atom is 0.336 e. The van der Waals surface area contributed by atoms with E-state index in [-0.39, 0.29) is 5.82 Å². The first-order valence-electron chi connectivity index (χ1n) is 7.75. The third-order valence-corrected chi connectivity index (χ3v) is 4.39. The number of nitrogens with zero attached hydrogens (tertiary/aromatic N) is 1. The van der Waals surface area contributed by atoms with Gasteiger partial charge in [-0.2, -0.15) is 0 Å². The van der Waals surface area contributed by atoms with Crippen LogP contribution in [0.1, 0.15) is 33.6 Å². The minimum Gasteiger partial charge on any atom is -0.478 e. The molecule has 3 aromatic rings. The molecule has 0 radical (unpaired) electrons. The molecule has 118 valence electrons. The van der Waals surface area contributed by atoms with Gasteiger partial charge in [-0.15, -0.1) is 0 Å². The Bertz CT molecular complexity index is 1010. The molecule has 0 atom stereocenters. The van der Waals surface area contributed by atoms with Gasteiger partial charge in [0.15, 0.2) is 0 Å². The lowest BCUT2D eigenvalue weighted by atomic mass is 10.0. The van der Waals surface area contributed by atoms with Gasteiger partial charge >= 0.3 is 5.97 Å². The summed E-state index contributed by atoms with van der Waals surface area (Å²) in [6, 6.07) is 13.8. The summed E-state index contributed by atoms with van der Waals surface area (Å²) in [7, 11) is 0. The lowest BCUT2D eigenvalue weighted by Gasteiger charge is -2.09. The number of aromatic nitrogens is 1. The standard InChI is InChI=1S/C20H14FNO2/c21-16-7-3-1-5-12(16)11-13-9-10-15-18(20(23)24)14-6-2-4-8-17(14)22-19(13)15/h1-8,11H,9-10H2,(H,23,24)/b13-11-. The molecular formula is C20H14FNO2. The predicted molar refractivity (Wildman–Crippen MR) is 91.3 cm³/mol. The summed E-state index contributed by atoms with van der Waals surface area (Å²) >= 11 is 0. The van der Waals surface area contributed by atoms with Gasteiger partial charge in [-0.3, -0.25) is 0 Å². The Morgan fingerprint density at radius 2 is 1.83 bits per heavy atom. The number of para-hydroxylation sites is 1. The average molecular weight is 319 g/mol. The fraction of sp³-hybridized carbons (Fsp3) is 0.100. The number of hydrogen-bond acceptors (Lipinski definition) is 2. The first-order valence-corrected chi connectivity index (χ1v) is 7.75. The average Bonchev–Trinajstić information content (AvgIpc) is 2.97. The summed E-state index contributed by atoms with van der Waals surface area (Å²) in [5.74, 6) is -1.24. The number of pyridine rings is 1. The lowest BCUT2D eigenvalue weighted by Crippen LogP contribution is -2.05. The van der Waals surface area contributed by atoms with Gasteiger partial charge in [-0.25, -0.2) is 14.2 Å². The van der Waals surface area contributed by atoms with Crippen LogP contribution >= 0.6 is 0 Å². The minimum absolute atomic E-state index is 0.294. The second kappa shape index (κ2) is 5.57. The van der Waals surface area contributed by atoms with Gasteiger partial charge in [0.1, 0.15) is 5.82 Å². The number of allylic oxidation sites excluding steroid dienone is 1. The predicted octanol–water partition coefficient (Wildman–Crippen LogP) is 4.56. The molecule has 2 aromatic carbocycles. The molecule has 1 aliphatic carbocycles. The van der Waals surface area contributed by atoms with Gasteiger partial charge in [-0.1, -0.05) is 36.4 Å². The van der Waals surface area contributed by atoms with E-state index in [4.69, 9.17) is 0 Å². The molecule has 1 aliphatic rings. The molecular weight excluding hydrogens is 305 g/mol. The molecule has 24 heavy (non-hydrogen) atoms. The molecule has 0 aliphatic heterocycles. The van der Waals surface area contributed by atoms with E-state index in [2.05, 4.69) is 4.98 Å². The van der Waals surface area contributed by atoms with Crippen molar-refractivity contribution in [1.29, 1.82) is 0 Å². The third-order valence-electron chi connectivity index (χ3n) is 4.39. The number of halogens is 1. The second-order valence-corrected chi connectivity index (χ2v) is 5.83. The largest absolute Gasteiger partial charge is 0.478 e. The highest BCUT2D eigenvalue weighted by molar-refractivity contribution is 6.06. The topological polar surface area (TPSA) is 50.2 Å². The number of carboxylic acid groups (broad SMARTS) is 1. The van der Waals surface area contributed by atoms with Crippen LogP contribution in [0.25, 0.3) is 22.6 Å². The zero-order valence-electron chi connectivity index (χ0n) is 12.8. The van der Waals surface area contributed by atoms with Crippen molar-refractivity contribution in [3.05, 3.63) is 76.7 Å². The SMILES string of the molecule is O=C(O)c1c2c(nc3ccccc13)/C(=C\c1ccccc1F)CC2. The molecule has 4 rings (SSSR count). The number of fused-ring (bicyclic) bond motifs is 2. The Morgan fingerprint density at radius 3 is 2.62 bits per heavy atom. The molecule has 1 heterocycles. The van der Waals surface area contributed by atoms with Crippen molar-refractivity contribution in [3.63, 3.8) is 0 Å². The molecule has 4 heteroatoms. The molecule has 3 nitrogen and oxygen atoms in total. The van der Waals surface area contributed by atoms with Crippen LogP contribution in [0, 0.1) is 5.82 Å². The lowest BCUT2D eigenvalue weighted by molar-refractivity contribution is 0.0698. The van der Waals surface area contributed by atoms with Crippen LogP contribution in [0.3, 0.4) is 0 Å². The molecule has 0 saturated carbocycles. The van der Waals surface area contributed by atoms with E-state index in [9.17, 15) is 14.3 Å². The number of benzene rings is 2. The summed E-state index contributed by atoms with van der Waals surface area (Å²) in [5, 5.41) is 10.3. The monoisotopic (exact) mass is 319 g/mol. The summed E-state index contributed by atoms with van der Waals surface area (Å²) in [4.78, 5) is 16.4. The number of carboxylic acids is 1. The molecule has 0 spiro atoms. The molecule has 1 N–H and O–H groups in total. The minimum atomic E-state index is -0.947. The highest BCUT2D eigenvalue weighted by Crippen LogP contribution is 2.37. The first kappa shape index (κ1) is 14.6. The van der Waals surface area contributed by atoms with Crippen LogP contribution in [0.4, 0.5) is 4.39 Å². The van der Waals surface area contributed by atoms with Crippen molar-refractivity contribution in [3.8, 4) is 0 Å². The van der Waals surface area contributed by atoms with E-state index in [1.165, 1.54) is 6.07 Å². The van der Waals surface area contributed by atoms with Crippen molar-refractivity contribution >= 4 is 28.5 Å². The molecule has 0 saturated heterocycles. The molecule has 0 fully saturated rings. The zero-order chi connectivity index (χ0) is 16.7. The maximum atomic E-state index is 13.9.